The number of hydrogen-bond acceptors (Lipinski definition) is 5. The number of carbonyl (C=O) groups is 1. The lowest BCUT2D eigenvalue weighted by molar-refractivity contribution is -0.137. The molecule has 0 aliphatic carbocycles. The Morgan fingerprint density at radius 3 is 2.61 bits per heavy atom. The van der Waals surface area contributed by atoms with Crippen molar-refractivity contribution in [2.24, 2.45) is 5.10 Å². The van der Waals surface area contributed by atoms with E-state index in [0.29, 0.717) is 36.5 Å². The molecule has 164 valence electrons. The Bertz CT molecular complexity index is 970. The van der Waals surface area contributed by atoms with Crippen LogP contribution in [0, 0.1) is 5.82 Å². The second kappa shape index (κ2) is 9.16. The highest BCUT2D eigenvalue weighted by Crippen LogP contribution is 2.37. The average molecular weight is 426 g/mol. The van der Waals surface area contributed by atoms with E-state index < -0.39 is 0 Å². The Hall–Kier alpha value is -2.77. The molecule has 2 aromatic carbocycles. The monoisotopic (exact) mass is 425 g/mol. The van der Waals surface area contributed by atoms with E-state index in [9.17, 15) is 9.18 Å². The number of carbonyl (C=O) groups excluding carboxylic acids is 1. The third kappa shape index (κ3) is 4.78. The summed E-state index contributed by atoms with van der Waals surface area (Å²) in [5.41, 5.74) is 2.26. The first kappa shape index (κ1) is 21.5. The van der Waals surface area contributed by atoms with Gasteiger partial charge in [-0.3, -0.25) is 9.69 Å². The fourth-order valence-corrected chi connectivity index (χ4v) is 4.44. The standard InChI is InChI=1S/C24H28FN3O3/c1-16-13-27(14-17(2)31-16)15-24(29)28-22(20-9-4-5-10-23(20)30-3)12-21(26-28)18-7-6-8-19(25)11-18/h4-11,16-17,22H,12-15H2,1-3H3. The van der Waals surface area contributed by atoms with E-state index in [4.69, 9.17) is 9.47 Å². The number of para-hydroxylation sites is 1. The Morgan fingerprint density at radius 1 is 1.16 bits per heavy atom. The maximum Gasteiger partial charge on any atom is 0.257 e. The van der Waals surface area contributed by atoms with Crippen LogP contribution in [0.25, 0.3) is 0 Å². The van der Waals surface area contributed by atoms with Crippen LogP contribution < -0.4 is 4.74 Å². The van der Waals surface area contributed by atoms with Gasteiger partial charge in [-0.2, -0.15) is 5.10 Å². The molecule has 1 amide bonds. The zero-order valence-electron chi connectivity index (χ0n) is 18.1. The van der Waals surface area contributed by atoms with Gasteiger partial charge in [0.05, 0.1) is 37.6 Å². The molecule has 31 heavy (non-hydrogen) atoms. The predicted octanol–water partition coefficient (Wildman–Crippen LogP) is 3.62. The molecule has 7 heteroatoms. The van der Waals surface area contributed by atoms with Crippen molar-refractivity contribution in [1.82, 2.24) is 9.91 Å². The smallest absolute Gasteiger partial charge is 0.257 e. The van der Waals surface area contributed by atoms with E-state index in [2.05, 4.69) is 10.0 Å². The molecular formula is C24H28FN3O3. The van der Waals surface area contributed by atoms with Crippen molar-refractivity contribution in [3.05, 3.63) is 65.5 Å². The van der Waals surface area contributed by atoms with Crippen LogP contribution in [0.1, 0.15) is 37.4 Å². The Morgan fingerprint density at radius 2 is 1.90 bits per heavy atom. The van der Waals surface area contributed by atoms with Gasteiger partial charge < -0.3 is 9.47 Å². The Kier molecular flexibility index (Phi) is 6.34. The molecule has 2 heterocycles. The molecule has 3 unspecified atom stereocenters. The van der Waals surface area contributed by atoms with Crippen LogP contribution in [0.3, 0.4) is 0 Å². The van der Waals surface area contributed by atoms with Gasteiger partial charge in [-0.05, 0) is 32.0 Å². The third-order valence-corrected chi connectivity index (χ3v) is 5.68. The summed E-state index contributed by atoms with van der Waals surface area (Å²) >= 11 is 0. The number of halogens is 1. The van der Waals surface area contributed by atoms with Crippen LogP contribution >= 0.6 is 0 Å². The van der Waals surface area contributed by atoms with Gasteiger partial charge in [0.1, 0.15) is 11.6 Å². The van der Waals surface area contributed by atoms with E-state index in [1.807, 2.05) is 44.2 Å². The summed E-state index contributed by atoms with van der Waals surface area (Å²) < 4.78 is 25.2. The number of rotatable bonds is 5. The summed E-state index contributed by atoms with van der Waals surface area (Å²) in [7, 11) is 1.62. The first-order valence-corrected chi connectivity index (χ1v) is 10.6. The lowest BCUT2D eigenvalue weighted by Gasteiger charge is -2.35. The van der Waals surface area contributed by atoms with Crippen molar-refractivity contribution in [1.29, 1.82) is 0 Å². The number of hydrogen-bond donors (Lipinski definition) is 0. The van der Waals surface area contributed by atoms with Crippen molar-refractivity contribution in [3.63, 3.8) is 0 Å². The molecule has 0 radical (unpaired) electrons. The second-order valence-corrected chi connectivity index (χ2v) is 8.21. The van der Waals surface area contributed by atoms with Crippen LogP contribution in [-0.2, 0) is 9.53 Å². The molecule has 2 aliphatic rings. The maximum absolute atomic E-state index is 13.8. The molecule has 2 aromatic rings. The Labute approximate surface area is 182 Å². The molecule has 3 atom stereocenters. The molecule has 1 saturated heterocycles. The van der Waals surface area contributed by atoms with Gasteiger partial charge in [0.2, 0.25) is 0 Å². The van der Waals surface area contributed by atoms with E-state index in [1.54, 1.807) is 18.2 Å². The largest absolute Gasteiger partial charge is 0.496 e. The number of nitrogens with zero attached hydrogens (tertiary/aromatic N) is 3. The topological polar surface area (TPSA) is 54.4 Å². The molecule has 0 aromatic heterocycles. The highest BCUT2D eigenvalue weighted by Gasteiger charge is 2.36. The lowest BCUT2D eigenvalue weighted by Crippen LogP contribution is -2.49. The van der Waals surface area contributed by atoms with Gasteiger partial charge in [0.15, 0.2) is 0 Å². The highest BCUT2D eigenvalue weighted by molar-refractivity contribution is 6.03. The molecule has 6 nitrogen and oxygen atoms in total. The minimum absolute atomic E-state index is 0.0755. The first-order chi connectivity index (χ1) is 14.9. The molecule has 0 bridgehead atoms. The summed E-state index contributed by atoms with van der Waals surface area (Å²) in [6, 6.07) is 13.7. The van der Waals surface area contributed by atoms with Gasteiger partial charge in [0.25, 0.3) is 5.91 Å². The number of ether oxygens (including phenoxy) is 2. The minimum atomic E-state index is -0.324. The van der Waals surface area contributed by atoms with Crippen molar-refractivity contribution >= 4 is 11.6 Å². The highest BCUT2D eigenvalue weighted by atomic mass is 19.1. The SMILES string of the molecule is COc1ccccc1C1CC(c2cccc(F)c2)=NN1C(=O)CN1CC(C)OC(C)C1. The van der Waals surface area contributed by atoms with Crippen molar-refractivity contribution < 1.29 is 18.7 Å². The van der Waals surface area contributed by atoms with Crippen molar-refractivity contribution in [3.8, 4) is 5.75 Å². The summed E-state index contributed by atoms with van der Waals surface area (Å²) in [6.45, 7) is 5.68. The predicted molar refractivity (Wildman–Crippen MR) is 117 cm³/mol. The van der Waals surface area contributed by atoms with Crippen LogP contribution in [0.4, 0.5) is 4.39 Å². The maximum atomic E-state index is 13.8. The van der Waals surface area contributed by atoms with E-state index in [-0.39, 0.29) is 36.5 Å². The van der Waals surface area contributed by atoms with Gasteiger partial charge in [-0.15, -0.1) is 0 Å². The number of hydrazone groups is 1. The number of morpholine rings is 1. The zero-order chi connectivity index (χ0) is 22.0. The number of benzene rings is 2. The quantitative estimate of drug-likeness (QED) is 0.734. The average Bonchev–Trinajstić information content (AvgIpc) is 3.18. The summed E-state index contributed by atoms with van der Waals surface area (Å²) in [5, 5.41) is 6.20. The van der Waals surface area contributed by atoms with Crippen LogP contribution in [0.2, 0.25) is 0 Å². The number of methoxy groups -OCH3 is 1. The fraction of sp³-hybridized carbons (Fsp3) is 0.417. The molecule has 0 N–H and O–H groups in total. The molecule has 1 fully saturated rings. The molecule has 0 saturated carbocycles. The van der Waals surface area contributed by atoms with Gasteiger partial charge in [0, 0.05) is 30.6 Å². The van der Waals surface area contributed by atoms with Crippen molar-refractivity contribution in [2.45, 2.75) is 38.5 Å². The van der Waals surface area contributed by atoms with Crippen LogP contribution in [0.15, 0.2) is 53.6 Å². The fourth-order valence-electron chi connectivity index (χ4n) is 4.44. The normalized spacial score (nSPS) is 24.2. The van der Waals surface area contributed by atoms with E-state index in [1.165, 1.54) is 12.1 Å². The van der Waals surface area contributed by atoms with E-state index in [0.717, 1.165) is 5.56 Å². The second-order valence-electron chi connectivity index (χ2n) is 8.21. The van der Waals surface area contributed by atoms with Gasteiger partial charge >= 0.3 is 0 Å². The van der Waals surface area contributed by atoms with Crippen molar-refractivity contribution in [2.75, 3.05) is 26.7 Å². The minimum Gasteiger partial charge on any atom is -0.496 e. The molecule has 4 rings (SSSR count). The summed E-state index contributed by atoms with van der Waals surface area (Å²) in [5.74, 6) is 0.285. The lowest BCUT2D eigenvalue weighted by atomic mass is 9.97. The third-order valence-electron chi connectivity index (χ3n) is 5.68. The van der Waals surface area contributed by atoms with Gasteiger partial charge in [-0.25, -0.2) is 9.40 Å². The summed E-state index contributed by atoms with van der Waals surface area (Å²) in [6.07, 6.45) is 0.642. The summed E-state index contributed by atoms with van der Waals surface area (Å²) in [4.78, 5) is 15.5. The Balaban J connectivity index is 1.63. The molecule has 2 aliphatic heterocycles. The van der Waals surface area contributed by atoms with Crippen LogP contribution in [-0.4, -0.2) is 60.5 Å². The van der Waals surface area contributed by atoms with E-state index >= 15 is 0 Å². The molecule has 0 spiro atoms. The van der Waals surface area contributed by atoms with Gasteiger partial charge in [-0.1, -0.05) is 30.3 Å². The zero-order valence-corrected chi connectivity index (χ0v) is 18.1. The first-order valence-electron chi connectivity index (χ1n) is 10.6. The molecular weight excluding hydrogens is 397 g/mol. The number of amides is 1. The van der Waals surface area contributed by atoms with Crippen LogP contribution in [0.5, 0.6) is 5.75 Å².